The number of carbonyl (C=O) groups is 1. The molecule has 1 heterocycles. The number of primary amides is 1. The third-order valence-electron chi connectivity index (χ3n) is 3.08. The van der Waals surface area contributed by atoms with Gasteiger partial charge in [-0.1, -0.05) is 13.8 Å². The van der Waals surface area contributed by atoms with Gasteiger partial charge in [-0.15, -0.1) is 5.16 Å². The summed E-state index contributed by atoms with van der Waals surface area (Å²) in [5, 5.41) is 15.7. The third kappa shape index (κ3) is 1.66. The van der Waals surface area contributed by atoms with E-state index in [9.17, 15) is 4.79 Å². The minimum atomic E-state index is -1.09. The van der Waals surface area contributed by atoms with E-state index in [4.69, 9.17) is 10.9 Å². The van der Waals surface area contributed by atoms with Crippen molar-refractivity contribution in [2.24, 2.45) is 16.3 Å². The lowest BCUT2D eigenvalue weighted by molar-refractivity contribution is -0.130. The second-order valence-corrected chi connectivity index (χ2v) is 4.35. The molecule has 0 radical (unpaired) electrons. The molecule has 16 heavy (non-hydrogen) atoms. The standard InChI is InChI=1S/C10H16N4O2/c1-9(2,7-13-16)10(3,8(11)15)14-6-4-5-12-14/h4-7,16H,1-3H3,(H2,11,15). The summed E-state index contributed by atoms with van der Waals surface area (Å²) in [7, 11) is 0. The van der Waals surface area contributed by atoms with Crippen LogP contribution in [0.4, 0.5) is 0 Å². The normalized spacial score (nSPS) is 16.2. The minimum absolute atomic E-state index is 0.541. The molecule has 1 amide bonds. The van der Waals surface area contributed by atoms with E-state index in [1.807, 2.05) is 0 Å². The van der Waals surface area contributed by atoms with Gasteiger partial charge >= 0.3 is 0 Å². The van der Waals surface area contributed by atoms with Crippen molar-refractivity contribution in [3.8, 4) is 0 Å². The van der Waals surface area contributed by atoms with Crippen LogP contribution in [0.1, 0.15) is 20.8 Å². The first-order valence-electron chi connectivity index (χ1n) is 4.85. The number of hydrogen-bond donors (Lipinski definition) is 2. The predicted octanol–water partition coefficient (Wildman–Crippen LogP) is 0.570. The Balaban J connectivity index is 3.33. The predicted molar refractivity (Wildman–Crippen MR) is 59.1 cm³/mol. The van der Waals surface area contributed by atoms with Crippen molar-refractivity contribution in [1.29, 1.82) is 0 Å². The van der Waals surface area contributed by atoms with E-state index < -0.39 is 16.9 Å². The molecule has 1 rings (SSSR count). The quantitative estimate of drug-likeness (QED) is 0.444. The first kappa shape index (κ1) is 12.2. The summed E-state index contributed by atoms with van der Waals surface area (Å²) >= 11 is 0. The third-order valence-corrected chi connectivity index (χ3v) is 3.08. The summed E-state index contributed by atoms with van der Waals surface area (Å²) in [5.74, 6) is -0.541. The largest absolute Gasteiger partial charge is 0.411 e. The molecule has 88 valence electrons. The Morgan fingerprint density at radius 1 is 1.56 bits per heavy atom. The molecule has 3 N–H and O–H groups in total. The van der Waals surface area contributed by atoms with Gasteiger partial charge < -0.3 is 10.9 Å². The minimum Gasteiger partial charge on any atom is -0.411 e. The molecule has 1 aromatic heterocycles. The van der Waals surface area contributed by atoms with E-state index in [0.717, 1.165) is 0 Å². The van der Waals surface area contributed by atoms with Crippen molar-refractivity contribution >= 4 is 12.1 Å². The number of rotatable bonds is 4. The Morgan fingerprint density at radius 2 is 2.19 bits per heavy atom. The van der Waals surface area contributed by atoms with Crippen LogP contribution in [-0.4, -0.2) is 27.1 Å². The molecule has 1 unspecified atom stereocenters. The molecule has 0 saturated heterocycles. The van der Waals surface area contributed by atoms with Gasteiger partial charge in [-0.25, -0.2) is 0 Å². The second kappa shape index (κ2) is 3.96. The molecule has 0 fully saturated rings. The lowest BCUT2D eigenvalue weighted by atomic mass is 9.73. The number of carbonyl (C=O) groups excluding carboxylic acids is 1. The highest BCUT2D eigenvalue weighted by molar-refractivity contribution is 5.88. The molecule has 0 spiro atoms. The highest BCUT2D eigenvalue weighted by Crippen LogP contribution is 2.35. The van der Waals surface area contributed by atoms with Gasteiger partial charge in [0, 0.05) is 17.8 Å². The molecule has 0 aliphatic rings. The van der Waals surface area contributed by atoms with Crippen LogP contribution in [0.25, 0.3) is 0 Å². The fourth-order valence-electron chi connectivity index (χ4n) is 1.53. The molecule has 6 heteroatoms. The summed E-state index contributed by atoms with van der Waals surface area (Å²) in [6.07, 6.45) is 4.49. The maximum Gasteiger partial charge on any atom is 0.246 e. The second-order valence-electron chi connectivity index (χ2n) is 4.35. The zero-order valence-electron chi connectivity index (χ0n) is 9.58. The summed E-state index contributed by atoms with van der Waals surface area (Å²) in [6, 6.07) is 1.70. The fourth-order valence-corrected chi connectivity index (χ4v) is 1.53. The Kier molecular flexibility index (Phi) is 3.02. The number of aromatic nitrogens is 2. The summed E-state index contributed by atoms with van der Waals surface area (Å²) < 4.78 is 1.47. The van der Waals surface area contributed by atoms with Crippen LogP contribution in [0, 0.1) is 5.41 Å². The van der Waals surface area contributed by atoms with Crippen LogP contribution in [-0.2, 0) is 10.3 Å². The lowest BCUT2D eigenvalue weighted by Crippen LogP contribution is -2.55. The van der Waals surface area contributed by atoms with Gasteiger partial charge in [0.25, 0.3) is 0 Å². The van der Waals surface area contributed by atoms with Crippen molar-refractivity contribution in [2.75, 3.05) is 0 Å². The van der Waals surface area contributed by atoms with E-state index in [-0.39, 0.29) is 0 Å². The molecule has 0 aromatic carbocycles. The van der Waals surface area contributed by atoms with Gasteiger partial charge in [-0.3, -0.25) is 9.48 Å². The summed E-state index contributed by atoms with van der Waals surface area (Å²) in [5.41, 5.74) is 3.58. The molecular weight excluding hydrogens is 208 g/mol. The van der Waals surface area contributed by atoms with E-state index in [1.165, 1.54) is 10.9 Å². The molecule has 0 saturated carbocycles. The van der Waals surface area contributed by atoms with Crippen molar-refractivity contribution in [3.05, 3.63) is 18.5 Å². The number of hydrogen-bond acceptors (Lipinski definition) is 4. The molecule has 6 nitrogen and oxygen atoms in total. The SMILES string of the molecule is CC(C)(C=NO)C(C)(C(N)=O)n1cccn1. The summed E-state index contributed by atoms with van der Waals surface area (Å²) in [4.78, 5) is 11.7. The first-order chi connectivity index (χ1) is 7.36. The Bertz CT molecular complexity index is 397. The number of oxime groups is 1. The van der Waals surface area contributed by atoms with Gasteiger partial charge in [0.2, 0.25) is 5.91 Å². The van der Waals surface area contributed by atoms with Gasteiger partial charge in [-0.2, -0.15) is 5.10 Å². The topological polar surface area (TPSA) is 93.5 Å². The zero-order chi connectivity index (χ0) is 12.4. The molecule has 0 bridgehead atoms. The van der Waals surface area contributed by atoms with E-state index >= 15 is 0 Å². The van der Waals surface area contributed by atoms with E-state index in [1.54, 1.807) is 39.2 Å². The van der Waals surface area contributed by atoms with Crippen LogP contribution in [0.15, 0.2) is 23.6 Å². The Morgan fingerprint density at radius 3 is 2.56 bits per heavy atom. The highest BCUT2D eigenvalue weighted by atomic mass is 16.4. The van der Waals surface area contributed by atoms with Crippen molar-refractivity contribution < 1.29 is 10.0 Å². The monoisotopic (exact) mass is 224 g/mol. The molecule has 1 aromatic rings. The number of amides is 1. The van der Waals surface area contributed by atoms with Gasteiger partial charge in [0.05, 0.1) is 6.21 Å². The average Bonchev–Trinajstić information content (AvgIpc) is 2.68. The molecule has 1 atom stereocenters. The van der Waals surface area contributed by atoms with Crippen LogP contribution >= 0.6 is 0 Å². The number of nitrogens with zero attached hydrogens (tertiary/aromatic N) is 3. The Labute approximate surface area is 93.7 Å². The zero-order valence-corrected chi connectivity index (χ0v) is 9.58. The first-order valence-corrected chi connectivity index (χ1v) is 4.85. The lowest BCUT2D eigenvalue weighted by Gasteiger charge is -2.38. The molecule has 0 aliphatic carbocycles. The van der Waals surface area contributed by atoms with Gasteiger partial charge in [0.15, 0.2) is 0 Å². The van der Waals surface area contributed by atoms with E-state index in [2.05, 4.69) is 10.3 Å². The molecular formula is C10H16N4O2. The van der Waals surface area contributed by atoms with E-state index in [0.29, 0.717) is 0 Å². The van der Waals surface area contributed by atoms with Crippen molar-refractivity contribution in [3.63, 3.8) is 0 Å². The maximum absolute atomic E-state index is 11.7. The maximum atomic E-state index is 11.7. The Hall–Kier alpha value is -1.85. The fraction of sp³-hybridized carbons (Fsp3) is 0.500. The van der Waals surface area contributed by atoms with Crippen molar-refractivity contribution in [1.82, 2.24) is 9.78 Å². The highest BCUT2D eigenvalue weighted by Gasteiger charge is 2.47. The summed E-state index contributed by atoms with van der Waals surface area (Å²) in [6.45, 7) is 5.16. The smallest absolute Gasteiger partial charge is 0.246 e. The van der Waals surface area contributed by atoms with Crippen LogP contribution in [0.3, 0.4) is 0 Å². The van der Waals surface area contributed by atoms with Gasteiger partial charge in [0.1, 0.15) is 5.54 Å². The average molecular weight is 224 g/mol. The van der Waals surface area contributed by atoms with Crippen LogP contribution < -0.4 is 5.73 Å². The number of nitrogens with two attached hydrogens (primary N) is 1. The van der Waals surface area contributed by atoms with Crippen molar-refractivity contribution in [2.45, 2.75) is 26.3 Å². The van der Waals surface area contributed by atoms with Crippen LogP contribution in [0.2, 0.25) is 0 Å². The van der Waals surface area contributed by atoms with Crippen LogP contribution in [0.5, 0.6) is 0 Å². The van der Waals surface area contributed by atoms with Gasteiger partial charge in [-0.05, 0) is 13.0 Å². The molecule has 0 aliphatic heterocycles.